The Bertz CT molecular complexity index is 308. The zero-order valence-corrected chi connectivity index (χ0v) is 9.68. The SMILES string of the molecule is C[C@H](C#N)c1c(Br)cccc1Br. The van der Waals surface area contributed by atoms with E-state index >= 15 is 0 Å². The van der Waals surface area contributed by atoms with Crippen molar-refractivity contribution in [1.29, 1.82) is 5.26 Å². The first kappa shape index (κ1) is 9.76. The van der Waals surface area contributed by atoms with Gasteiger partial charge in [0.2, 0.25) is 0 Å². The molecule has 0 radical (unpaired) electrons. The van der Waals surface area contributed by atoms with E-state index in [0.29, 0.717) is 0 Å². The topological polar surface area (TPSA) is 23.8 Å². The molecule has 12 heavy (non-hydrogen) atoms. The average molecular weight is 289 g/mol. The van der Waals surface area contributed by atoms with Crippen LogP contribution in [0.4, 0.5) is 0 Å². The van der Waals surface area contributed by atoms with Gasteiger partial charge in [0.1, 0.15) is 0 Å². The molecule has 0 aliphatic heterocycles. The van der Waals surface area contributed by atoms with Gasteiger partial charge < -0.3 is 0 Å². The quantitative estimate of drug-likeness (QED) is 0.770. The van der Waals surface area contributed by atoms with E-state index in [1.54, 1.807) is 0 Å². The van der Waals surface area contributed by atoms with Crippen LogP contribution in [-0.2, 0) is 0 Å². The van der Waals surface area contributed by atoms with Crippen molar-refractivity contribution in [3.63, 3.8) is 0 Å². The van der Waals surface area contributed by atoms with Gasteiger partial charge in [-0.1, -0.05) is 37.9 Å². The summed E-state index contributed by atoms with van der Waals surface area (Å²) in [6.45, 7) is 1.88. The van der Waals surface area contributed by atoms with Gasteiger partial charge in [-0.05, 0) is 24.6 Å². The minimum Gasteiger partial charge on any atom is -0.198 e. The Morgan fingerprint density at radius 3 is 2.25 bits per heavy atom. The van der Waals surface area contributed by atoms with Crippen LogP contribution in [0.2, 0.25) is 0 Å². The van der Waals surface area contributed by atoms with E-state index in [0.717, 1.165) is 14.5 Å². The lowest BCUT2D eigenvalue weighted by Crippen LogP contribution is -1.92. The van der Waals surface area contributed by atoms with Gasteiger partial charge in [0.05, 0.1) is 12.0 Å². The van der Waals surface area contributed by atoms with Crippen molar-refractivity contribution in [3.8, 4) is 6.07 Å². The fourth-order valence-electron chi connectivity index (χ4n) is 0.989. The molecule has 3 heteroatoms. The summed E-state index contributed by atoms with van der Waals surface area (Å²) < 4.78 is 1.96. The van der Waals surface area contributed by atoms with Crippen molar-refractivity contribution in [2.45, 2.75) is 12.8 Å². The van der Waals surface area contributed by atoms with Crippen LogP contribution < -0.4 is 0 Å². The summed E-state index contributed by atoms with van der Waals surface area (Å²) in [5.41, 5.74) is 1.01. The van der Waals surface area contributed by atoms with Crippen LogP contribution in [0.5, 0.6) is 0 Å². The standard InChI is InChI=1S/C9H7Br2N/c1-6(5-12)9-7(10)3-2-4-8(9)11/h2-4,6H,1H3/t6-/m1/s1. The summed E-state index contributed by atoms with van der Waals surface area (Å²) >= 11 is 6.81. The maximum Gasteiger partial charge on any atom is 0.0706 e. The molecule has 0 heterocycles. The first-order valence-corrected chi connectivity index (χ1v) is 5.09. The highest BCUT2D eigenvalue weighted by Gasteiger charge is 2.11. The molecule has 0 saturated carbocycles. The average Bonchev–Trinajstić information content (AvgIpc) is 2.03. The zero-order chi connectivity index (χ0) is 9.14. The summed E-state index contributed by atoms with van der Waals surface area (Å²) in [6, 6.07) is 8.01. The number of nitrogens with zero attached hydrogens (tertiary/aromatic N) is 1. The molecule has 1 rings (SSSR count). The number of hydrogen-bond donors (Lipinski definition) is 0. The van der Waals surface area contributed by atoms with Gasteiger partial charge in [0.25, 0.3) is 0 Å². The molecule has 0 saturated heterocycles. The van der Waals surface area contributed by atoms with Gasteiger partial charge in [0, 0.05) is 8.95 Å². The Hall–Kier alpha value is -0.330. The van der Waals surface area contributed by atoms with Gasteiger partial charge in [-0.3, -0.25) is 0 Å². The number of rotatable bonds is 1. The second-order valence-corrected chi connectivity index (χ2v) is 4.19. The number of nitriles is 1. The van der Waals surface area contributed by atoms with E-state index in [1.807, 2.05) is 25.1 Å². The molecular formula is C9H7Br2N. The third-order valence-electron chi connectivity index (χ3n) is 1.63. The van der Waals surface area contributed by atoms with E-state index in [-0.39, 0.29) is 5.92 Å². The smallest absolute Gasteiger partial charge is 0.0706 e. The second-order valence-electron chi connectivity index (χ2n) is 2.49. The van der Waals surface area contributed by atoms with Crippen molar-refractivity contribution in [1.82, 2.24) is 0 Å². The van der Waals surface area contributed by atoms with Crippen LogP contribution >= 0.6 is 31.9 Å². The molecule has 0 fully saturated rings. The van der Waals surface area contributed by atoms with Crippen LogP contribution in [0.25, 0.3) is 0 Å². The molecular weight excluding hydrogens is 282 g/mol. The van der Waals surface area contributed by atoms with Crippen molar-refractivity contribution in [2.24, 2.45) is 0 Å². The first-order chi connectivity index (χ1) is 5.66. The van der Waals surface area contributed by atoms with E-state index in [1.165, 1.54) is 0 Å². The third-order valence-corrected chi connectivity index (χ3v) is 3.01. The summed E-state index contributed by atoms with van der Waals surface area (Å²) in [5.74, 6) is -0.0880. The molecule has 0 unspecified atom stereocenters. The molecule has 0 aromatic heterocycles. The molecule has 0 bridgehead atoms. The highest BCUT2D eigenvalue weighted by molar-refractivity contribution is 9.11. The highest BCUT2D eigenvalue weighted by atomic mass is 79.9. The Balaban J connectivity index is 3.23. The largest absolute Gasteiger partial charge is 0.198 e. The molecule has 1 aromatic rings. The lowest BCUT2D eigenvalue weighted by atomic mass is 10.0. The zero-order valence-electron chi connectivity index (χ0n) is 6.51. The van der Waals surface area contributed by atoms with Crippen molar-refractivity contribution < 1.29 is 0 Å². The monoisotopic (exact) mass is 287 g/mol. The fraction of sp³-hybridized carbons (Fsp3) is 0.222. The van der Waals surface area contributed by atoms with Crippen molar-refractivity contribution in [2.75, 3.05) is 0 Å². The molecule has 0 aliphatic carbocycles. The van der Waals surface area contributed by atoms with E-state index in [4.69, 9.17) is 5.26 Å². The van der Waals surface area contributed by atoms with Crippen LogP contribution in [0.3, 0.4) is 0 Å². The molecule has 1 nitrogen and oxygen atoms in total. The lowest BCUT2D eigenvalue weighted by Gasteiger charge is -2.07. The summed E-state index contributed by atoms with van der Waals surface area (Å²) in [6.07, 6.45) is 0. The maximum absolute atomic E-state index is 8.75. The summed E-state index contributed by atoms with van der Waals surface area (Å²) in [7, 11) is 0. The van der Waals surface area contributed by atoms with Crippen LogP contribution in [0, 0.1) is 11.3 Å². The molecule has 0 amide bonds. The second kappa shape index (κ2) is 4.06. The molecule has 1 aromatic carbocycles. The molecule has 0 spiro atoms. The van der Waals surface area contributed by atoms with Crippen LogP contribution in [0.1, 0.15) is 18.4 Å². The molecule has 0 N–H and O–H groups in total. The molecule has 62 valence electrons. The Morgan fingerprint density at radius 1 is 1.33 bits per heavy atom. The van der Waals surface area contributed by atoms with Crippen molar-refractivity contribution in [3.05, 3.63) is 32.7 Å². The Labute approximate surface area is 88.7 Å². The van der Waals surface area contributed by atoms with Gasteiger partial charge >= 0.3 is 0 Å². The minimum atomic E-state index is -0.0880. The highest BCUT2D eigenvalue weighted by Crippen LogP contribution is 2.31. The number of benzene rings is 1. The summed E-state index contributed by atoms with van der Waals surface area (Å²) in [5, 5.41) is 8.75. The number of hydrogen-bond acceptors (Lipinski definition) is 1. The molecule has 1 atom stereocenters. The maximum atomic E-state index is 8.75. The van der Waals surface area contributed by atoms with Gasteiger partial charge in [0.15, 0.2) is 0 Å². The van der Waals surface area contributed by atoms with Crippen LogP contribution in [0.15, 0.2) is 27.1 Å². The van der Waals surface area contributed by atoms with Gasteiger partial charge in [-0.15, -0.1) is 0 Å². The number of halogens is 2. The van der Waals surface area contributed by atoms with Crippen LogP contribution in [-0.4, -0.2) is 0 Å². The predicted octanol–water partition coefficient (Wildman–Crippen LogP) is 3.84. The van der Waals surface area contributed by atoms with E-state index in [9.17, 15) is 0 Å². The van der Waals surface area contributed by atoms with E-state index < -0.39 is 0 Å². The predicted molar refractivity (Wildman–Crippen MR) is 55.9 cm³/mol. The first-order valence-electron chi connectivity index (χ1n) is 3.50. The normalized spacial score (nSPS) is 12.2. The summed E-state index contributed by atoms with van der Waals surface area (Å²) in [4.78, 5) is 0. The van der Waals surface area contributed by atoms with Gasteiger partial charge in [-0.2, -0.15) is 5.26 Å². The van der Waals surface area contributed by atoms with Crippen molar-refractivity contribution >= 4 is 31.9 Å². The minimum absolute atomic E-state index is 0.0880. The lowest BCUT2D eigenvalue weighted by molar-refractivity contribution is 0.966. The van der Waals surface area contributed by atoms with Gasteiger partial charge in [-0.25, -0.2) is 0 Å². The Kier molecular flexibility index (Phi) is 3.30. The Morgan fingerprint density at radius 2 is 1.83 bits per heavy atom. The molecule has 0 aliphatic rings. The fourth-order valence-corrected chi connectivity index (χ4v) is 2.67. The van der Waals surface area contributed by atoms with E-state index in [2.05, 4.69) is 37.9 Å². The third kappa shape index (κ3) is 1.88.